The van der Waals surface area contributed by atoms with E-state index in [1.54, 1.807) is 30.0 Å². The summed E-state index contributed by atoms with van der Waals surface area (Å²) in [5, 5.41) is 4.10. The highest BCUT2D eigenvalue weighted by atomic mass is 79.9. The van der Waals surface area contributed by atoms with Gasteiger partial charge in [-0.1, -0.05) is 70.7 Å². The molecule has 0 heterocycles. The molecule has 1 N–H and O–H groups in total. The van der Waals surface area contributed by atoms with Crippen molar-refractivity contribution < 1.29 is 9.59 Å². The number of carbonyl (C=O) groups is 2. The van der Waals surface area contributed by atoms with Crippen molar-refractivity contribution in [2.45, 2.75) is 45.0 Å². The molecule has 168 valence electrons. The van der Waals surface area contributed by atoms with Crippen LogP contribution in [0.1, 0.15) is 37.8 Å². The number of halogens is 3. The van der Waals surface area contributed by atoms with Gasteiger partial charge >= 0.3 is 0 Å². The first-order valence-corrected chi connectivity index (χ1v) is 12.9. The summed E-state index contributed by atoms with van der Waals surface area (Å²) in [4.78, 5) is 27.4. The molecule has 0 fully saturated rings. The Hall–Kier alpha value is -1.21. The number of amides is 2. The van der Waals surface area contributed by atoms with E-state index in [0.717, 1.165) is 28.4 Å². The number of benzene rings is 2. The van der Waals surface area contributed by atoms with Crippen LogP contribution < -0.4 is 5.32 Å². The van der Waals surface area contributed by atoms with E-state index in [2.05, 4.69) is 28.2 Å². The quantitative estimate of drug-likeness (QED) is 0.336. The first-order valence-electron chi connectivity index (χ1n) is 10.2. The van der Waals surface area contributed by atoms with Crippen molar-refractivity contribution in [1.82, 2.24) is 10.2 Å². The van der Waals surface area contributed by atoms with Gasteiger partial charge in [-0.05, 0) is 48.7 Å². The van der Waals surface area contributed by atoms with Crippen molar-refractivity contribution in [3.05, 3.63) is 68.1 Å². The zero-order valence-electron chi connectivity index (χ0n) is 17.7. The fourth-order valence-corrected chi connectivity index (χ4v) is 4.81. The highest BCUT2D eigenvalue weighted by Crippen LogP contribution is 2.28. The first kappa shape index (κ1) is 26.0. The van der Waals surface area contributed by atoms with E-state index in [9.17, 15) is 9.59 Å². The van der Waals surface area contributed by atoms with Crippen molar-refractivity contribution >= 4 is 62.7 Å². The van der Waals surface area contributed by atoms with Crippen molar-refractivity contribution in [3.63, 3.8) is 0 Å². The molecule has 31 heavy (non-hydrogen) atoms. The smallest absolute Gasteiger partial charge is 0.242 e. The second-order valence-corrected chi connectivity index (χ2v) is 9.88. The van der Waals surface area contributed by atoms with Gasteiger partial charge in [-0.15, -0.1) is 11.8 Å². The minimum atomic E-state index is -0.572. The Balaban J connectivity index is 2.07. The standard InChI is InChI=1S/C23H27BrCl2N2O2S/c1-3-4-12-27-23(30)16(2)28(13-17-8-10-18(24)11-9-17)22(29)15-31-14-19-20(25)6-5-7-21(19)26/h5-11,16H,3-4,12-15H2,1-2H3,(H,27,30)/t16-/m1/s1. The van der Waals surface area contributed by atoms with Crippen LogP contribution in [0.15, 0.2) is 46.9 Å². The molecule has 0 spiro atoms. The van der Waals surface area contributed by atoms with Gasteiger partial charge in [0.2, 0.25) is 11.8 Å². The average Bonchev–Trinajstić information content (AvgIpc) is 2.75. The third kappa shape index (κ3) is 8.33. The highest BCUT2D eigenvalue weighted by Gasteiger charge is 2.26. The van der Waals surface area contributed by atoms with E-state index < -0.39 is 6.04 Å². The van der Waals surface area contributed by atoms with E-state index in [-0.39, 0.29) is 17.6 Å². The van der Waals surface area contributed by atoms with Crippen molar-refractivity contribution in [3.8, 4) is 0 Å². The number of rotatable bonds is 11. The lowest BCUT2D eigenvalue weighted by Gasteiger charge is -2.29. The van der Waals surface area contributed by atoms with Crippen LogP contribution in [0.5, 0.6) is 0 Å². The topological polar surface area (TPSA) is 49.4 Å². The van der Waals surface area contributed by atoms with Gasteiger partial charge in [0.1, 0.15) is 6.04 Å². The Morgan fingerprint density at radius 1 is 1.13 bits per heavy atom. The van der Waals surface area contributed by atoms with Crippen LogP contribution in [0.4, 0.5) is 0 Å². The molecule has 2 rings (SSSR count). The average molecular weight is 546 g/mol. The number of nitrogens with one attached hydrogen (secondary N) is 1. The molecule has 4 nitrogen and oxygen atoms in total. The fraction of sp³-hybridized carbons (Fsp3) is 0.391. The summed E-state index contributed by atoms with van der Waals surface area (Å²) in [7, 11) is 0. The molecular formula is C23H27BrCl2N2O2S. The van der Waals surface area contributed by atoms with E-state index in [4.69, 9.17) is 23.2 Å². The summed E-state index contributed by atoms with van der Waals surface area (Å²) in [6, 6.07) is 12.5. The number of hydrogen-bond donors (Lipinski definition) is 1. The van der Waals surface area contributed by atoms with Gasteiger partial charge in [0, 0.05) is 33.4 Å². The van der Waals surface area contributed by atoms with Gasteiger partial charge in [-0.25, -0.2) is 0 Å². The predicted octanol–water partition coefficient (Wildman–Crippen LogP) is 6.32. The van der Waals surface area contributed by atoms with Gasteiger partial charge in [0.05, 0.1) is 5.75 Å². The molecule has 2 amide bonds. The van der Waals surface area contributed by atoms with Gasteiger partial charge < -0.3 is 10.2 Å². The molecule has 0 aliphatic heterocycles. The molecule has 0 radical (unpaired) electrons. The third-order valence-electron chi connectivity index (χ3n) is 4.80. The van der Waals surface area contributed by atoms with Crippen molar-refractivity contribution in [2.24, 2.45) is 0 Å². The maximum atomic E-state index is 13.1. The number of carbonyl (C=O) groups excluding carboxylic acids is 2. The minimum Gasteiger partial charge on any atom is -0.354 e. The van der Waals surface area contributed by atoms with Gasteiger partial charge in [0.15, 0.2) is 0 Å². The van der Waals surface area contributed by atoms with Crippen molar-refractivity contribution in [1.29, 1.82) is 0 Å². The summed E-state index contributed by atoms with van der Waals surface area (Å²) < 4.78 is 0.964. The van der Waals surface area contributed by atoms with E-state index in [0.29, 0.717) is 28.9 Å². The van der Waals surface area contributed by atoms with Gasteiger partial charge in [-0.2, -0.15) is 0 Å². The highest BCUT2D eigenvalue weighted by molar-refractivity contribution is 9.10. The molecule has 0 bridgehead atoms. The zero-order valence-corrected chi connectivity index (χ0v) is 21.6. The summed E-state index contributed by atoms with van der Waals surface area (Å²) in [5.74, 6) is 0.505. The Kier molecular flexibility index (Phi) is 11.2. The SMILES string of the molecule is CCCCNC(=O)[C@@H](C)N(Cc1ccc(Br)cc1)C(=O)CSCc1c(Cl)cccc1Cl. The van der Waals surface area contributed by atoms with Crippen LogP contribution in [0, 0.1) is 0 Å². The Morgan fingerprint density at radius 2 is 1.77 bits per heavy atom. The lowest BCUT2D eigenvalue weighted by molar-refractivity contribution is -0.138. The normalized spacial score (nSPS) is 11.8. The second kappa shape index (κ2) is 13.4. The van der Waals surface area contributed by atoms with Crippen LogP contribution in [0.2, 0.25) is 10.0 Å². The number of hydrogen-bond acceptors (Lipinski definition) is 3. The zero-order chi connectivity index (χ0) is 22.8. The summed E-state index contributed by atoms with van der Waals surface area (Å²) >= 11 is 17.3. The van der Waals surface area contributed by atoms with Crippen molar-refractivity contribution in [2.75, 3.05) is 12.3 Å². The van der Waals surface area contributed by atoms with Crippen LogP contribution in [-0.2, 0) is 21.9 Å². The predicted molar refractivity (Wildman–Crippen MR) is 135 cm³/mol. The Bertz CT molecular complexity index is 860. The minimum absolute atomic E-state index is 0.103. The molecule has 0 aliphatic rings. The van der Waals surface area contributed by atoms with E-state index in [1.165, 1.54) is 11.8 Å². The molecule has 8 heteroatoms. The molecule has 0 saturated heterocycles. The monoisotopic (exact) mass is 544 g/mol. The second-order valence-electron chi connectivity index (χ2n) is 7.16. The van der Waals surface area contributed by atoms with Crippen LogP contribution in [0.25, 0.3) is 0 Å². The summed E-state index contributed by atoms with van der Waals surface area (Å²) in [6.45, 7) is 4.82. The molecule has 0 aromatic heterocycles. The number of thioether (sulfide) groups is 1. The maximum absolute atomic E-state index is 13.1. The fourth-order valence-electron chi connectivity index (χ4n) is 2.90. The molecule has 1 atom stereocenters. The molecule has 2 aromatic carbocycles. The van der Waals surface area contributed by atoms with E-state index in [1.807, 2.05) is 24.3 Å². The lowest BCUT2D eigenvalue weighted by Crippen LogP contribution is -2.48. The van der Waals surface area contributed by atoms with E-state index >= 15 is 0 Å². The molecule has 0 saturated carbocycles. The molecule has 2 aromatic rings. The first-order chi connectivity index (χ1) is 14.8. The summed E-state index contributed by atoms with van der Waals surface area (Å²) in [5.41, 5.74) is 1.78. The largest absolute Gasteiger partial charge is 0.354 e. The van der Waals surface area contributed by atoms with Crippen LogP contribution >= 0.6 is 50.9 Å². The molecule has 0 aliphatic carbocycles. The van der Waals surface area contributed by atoms with Crippen LogP contribution in [0.3, 0.4) is 0 Å². The maximum Gasteiger partial charge on any atom is 0.242 e. The third-order valence-corrected chi connectivity index (χ3v) is 6.98. The Morgan fingerprint density at radius 3 is 2.39 bits per heavy atom. The lowest BCUT2D eigenvalue weighted by atomic mass is 10.1. The Labute approximate surface area is 207 Å². The van der Waals surface area contributed by atoms with Crippen LogP contribution in [-0.4, -0.2) is 35.1 Å². The molecular weight excluding hydrogens is 519 g/mol. The number of nitrogens with zero attached hydrogens (tertiary/aromatic N) is 1. The van der Waals surface area contributed by atoms with Gasteiger partial charge in [-0.3, -0.25) is 9.59 Å². The van der Waals surface area contributed by atoms with Gasteiger partial charge in [0.25, 0.3) is 0 Å². The number of unbranched alkanes of at least 4 members (excludes halogenated alkanes) is 1. The molecule has 0 unspecified atom stereocenters. The summed E-state index contributed by atoms with van der Waals surface area (Å²) in [6.07, 6.45) is 1.91.